The first-order valence-corrected chi connectivity index (χ1v) is 7.96. The van der Waals surface area contributed by atoms with Gasteiger partial charge in [-0.2, -0.15) is 0 Å². The van der Waals surface area contributed by atoms with E-state index in [4.69, 9.17) is 0 Å². The molecule has 2 atom stereocenters. The van der Waals surface area contributed by atoms with Crippen LogP contribution >= 0.6 is 0 Å². The van der Waals surface area contributed by atoms with Gasteiger partial charge in [-0.15, -0.1) is 0 Å². The quantitative estimate of drug-likeness (QED) is 0.743. The number of hydrogen-bond donors (Lipinski definition) is 3. The van der Waals surface area contributed by atoms with Crippen LogP contribution in [-0.4, -0.2) is 29.6 Å². The van der Waals surface area contributed by atoms with Gasteiger partial charge in [-0.25, -0.2) is 0 Å². The monoisotopic (exact) mass is 304 g/mol. The Kier molecular flexibility index (Phi) is 5.95. The number of benzene rings is 1. The molecule has 5 nitrogen and oxygen atoms in total. The van der Waals surface area contributed by atoms with Crippen LogP contribution in [0.1, 0.15) is 38.2 Å². The highest BCUT2D eigenvalue weighted by Crippen LogP contribution is 2.23. The zero-order valence-electron chi connectivity index (χ0n) is 13.0. The summed E-state index contributed by atoms with van der Waals surface area (Å²) in [6.45, 7) is 2.41. The number of carbonyl (C=O) groups is 2. The van der Waals surface area contributed by atoms with E-state index in [1.54, 1.807) is 12.1 Å². The van der Waals surface area contributed by atoms with Crippen LogP contribution in [0.2, 0.25) is 0 Å². The Morgan fingerprint density at radius 2 is 1.82 bits per heavy atom. The van der Waals surface area contributed by atoms with Gasteiger partial charge in [0.05, 0.1) is 6.10 Å². The smallest absolute Gasteiger partial charge is 0.313 e. The highest BCUT2D eigenvalue weighted by Gasteiger charge is 2.24. The highest BCUT2D eigenvalue weighted by molar-refractivity contribution is 6.39. The van der Waals surface area contributed by atoms with E-state index in [2.05, 4.69) is 17.6 Å². The van der Waals surface area contributed by atoms with Gasteiger partial charge in [0.1, 0.15) is 0 Å². The Balaban J connectivity index is 1.79. The minimum atomic E-state index is -0.672. The molecule has 5 heteroatoms. The molecule has 1 aliphatic rings. The number of aryl methyl sites for hydroxylation is 1. The molecule has 0 bridgehead atoms. The fourth-order valence-corrected chi connectivity index (χ4v) is 2.74. The number of aliphatic hydroxyl groups excluding tert-OH is 1. The Morgan fingerprint density at radius 1 is 1.14 bits per heavy atom. The van der Waals surface area contributed by atoms with Crippen LogP contribution in [0.15, 0.2) is 24.3 Å². The number of amides is 2. The van der Waals surface area contributed by atoms with Gasteiger partial charge >= 0.3 is 11.8 Å². The van der Waals surface area contributed by atoms with Crippen molar-refractivity contribution in [2.24, 2.45) is 5.92 Å². The summed E-state index contributed by atoms with van der Waals surface area (Å²) in [4.78, 5) is 23.7. The van der Waals surface area contributed by atoms with E-state index < -0.39 is 11.8 Å². The van der Waals surface area contributed by atoms with Crippen LogP contribution in [0.25, 0.3) is 0 Å². The molecule has 2 rings (SSSR count). The molecule has 120 valence electrons. The lowest BCUT2D eigenvalue weighted by Crippen LogP contribution is -2.41. The third-order valence-corrected chi connectivity index (χ3v) is 4.22. The Bertz CT molecular complexity index is 513. The van der Waals surface area contributed by atoms with E-state index in [-0.39, 0.29) is 12.0 Å². The van der Waals surface area contributed by atoms with Crippen LogP contribution < -0.4 is 10.6 Å². The van der Waals surface area contributed by atoms with Gasteiger partial charge in [0, 0.05) is 18.2 Å². The van der Waals surface area contributed by atoms with Crippen LogP contribution in [0, 0.1) is 5.92 Å². The van der Waals surface area contributed by atoms with Gasteiger partial charge in [-0.05, 0) is 37.0 Å². The van der Waals surface area contributed by atoms with Gasteiger partial charge in [0.15, 0.2) is 0 Å². The standard InChI is InChI=1S/C17H24N2O3/c1-2-12-7-9-14(10-8-12)19-17(22)16(21)18-11-13-5-3-4-6-15(13)20/h7-10,13,15,20H,2-6,11H2,1H3,(H,18,21)(H,19,22)/t13-,15+/m1/s1. The summed E-state index contributed by atoms with van der Waals surface area (Å²) in [6.07, 6.45) is 4.31. The second kappa shape index (κ2) is 7.94. The molecule has 1 aliphatic carbocycles. The van der Waals surface area contributed by atoms with E-state index in [0.717, 1.165) is 32.1 Å². The van der Waals surface area contributed by atoms with E-state index in [0.29, 0.717) is 12.2 Å². The molecule has 1 fully saturated rings. The third kappa shape index (κ3) is 4.56. The van der Waals surface area contributed by atoms with Gasteiger partial charge < -0.3 is 15.7 Å². The summed E-state index contributed by atoms with van der Waals surface area (Å²) in [7, 11) is 0. The number of rotatable bonds is 4. The molecule has 3 N–H and O–H groups in total. The lowest BCUT2D eigenvalue weighted by atomic mass is 9.86. The summed E-state index contributed by atoms with van der Waals surface area (Å²) in [6, 6.07) is 7.42. The molecule has 0 heterocycles. The molecule has 0 aliphatic heterocycles. The second-order valence-corrected chi connectivity index (χ2v) is 5.83. The van der Waals surface area contributed by atoms with Crippen molar-refractivity contribution in [3.63, 3.8) is 0 Å². The average Bonchev–Trinajstić information content (AvgIpc) is 2.54. The molecule has 0 saturated heterocycles. The van der Waals surface area contributed by atoms with E-state index in [9.17, 15) is 14.7 Å². The maximum absolute atomic E-state index is 11.8. The van der Waals surface area contributed by atoms with Crippen LogP contribution in [0.3, 0.4) is 0 Å². The molecule has 0 radical (unpaired) electrons. The molecule has 0 spiro atoms. The molecular weight excluding hydrogens is 280 g/mol. The van der Waals surface area contributed by atoms with Crippen molar-refractivity contribution < 1.29 is 14.7 Å². The number of anilines is 1. The highest BCUT2D eigenvalue weighted by atomic mass is 16.3. The lowest BCUT2D eigenvalue weighted by molar-refractivity contribution is -0.136. The minimum absolute atomic E-state index is 0.0503. The van der Waals surface area contributed by atoms with E-state index in [1.165, 1.54) is 5.56 Å². The van der Waals surface area contributed by atoms with Crippen molar-refractivity contribution in [2.45, 2.75) is 45.1 Å². The number of aliphatic hydroxyl groups is 1. The molecule has 22 heavy (non-hydrogen) atoms. The topological polar surface area (TPSA) is 78.4 Å². The molecule has 0 aromatic heterocycles. The summed E-state index contributed by atoms with van der Waals surface area (Å²) >= 11 is 0. The Hall–Kier alpha value is -1.88. The van der Waals surface area contributed by atoms with Crippen LogP contribution in [0.5, 0.6) is 0 Å². The third-order valence-electron chi connectivity index (χ3n) is 4.22. The first-order chi connectivity index (χ1) is 10.6. The van der Waals surface area contributed by atoms with Crippen molar-refractivity contribution in [3.8, 4) is 0 Å². The first kappa shape index (κ1) is 16.5. The van der Waals surface area contributed by atoms with Crippen molar-refractivity contribution in [3.05, 3.63) is 29.8 Å². The zero-order chi connectivity index (χ0) is 15.9. The zero-order valence-corrected chi connectivity index (χ0v) is 13.0. The Labute approximate surface area is 131 Å². The Morgan fingerprint density at radius 3 is 2.45 bits per heavy atom. The van der Waals surface area contributed by atoms with Gasteiger partial charge in [0.25, 0.3) is 0 Å². The fourth-order valence-electron chi connectivity index (χ4n) is 2.74. The summed E-state index contributed by atoms with van der Waals surface area (Å²) in [5, 5.41) is 15.0. The molecule has 1 aromatic rings. The maximum Gasteiger partial charge on any atom is 0.313 e. The summed E-state index contributed by atoms with van der Waals surface area (Å²) in [5.41, 5.74) is 1.78. The second-order valence-electron chi connectivity index (χ2n) is 5.83. The van der Waals surface area contributed by atoms with Crippen molar-refractivity contribution in [2.75, 3.05) is 11.9 Å². The van der Waals surface area contributed by atoms with Gasteiger partial charge in [-0.1, -0.05) is 31.9 Å². The molecule has 2 amide bonds. The van der Waals surface area contributed by atoms with Gasteiger partial charge in [0.2, 0.25) is 0 Å². The molecule has 1 aromatic carbocycles. The van der Waals surface area contributed by atoms with Crippen LogP contribution in [0.4, 0.5) is 5.69 Å². The predicted molar refractivity (Wildman–Crippen MR) is 85.4 cm³/mol. The fraction of sp³-hybridized carbons (Fsp3) is 0.529. The first-order valence-electron chi connectivity index (χ1n) is 7.96. The predicted octanol–water partition coefficient (Wildman–Crippen LogP) is 1.85. The van der Waals surface area contributed by atoms with E-state index >= 15 is 0 Å². The largest absolute Gasteiger partial charge is 0.393 e. The van der Waals surface area contributed by atoms with Crippen molar-refractivity contribution in [1.82, 2.24) is 5.32 Å². The summed E-state index contributed by atoms with van der Waals surface area (Å²) < 4.78 is 0. The van der Waals surface area contributed by atoms with Crippen LogP contribution in [-0.2, 0) is 16.0 Å². The maximum atomic E-state index is 11.8. The van der Waals surface area contributed by atoms with Crippen molar-refractivity contribution in [1.29, 1.82) is 0 Å². The average molecular weight is 304 g/mol. The summed E-state index contributed by atoms with van der Waals surface area (Å²) in [5.74, 6) is -1.28. The lowest BCUT2D eigenvalue weighted by Gasteiger charge is -2.27. The molecule has 0 unspecified atom stereocenters. The number of nitrogens with one attached hydrogen (secondary N) is 2. The minimum Gasteiger partial charge on any atom is -0.393 e. The number of carbonyl (C=O) groups excluding carboxylic acids is 2. The van der Waals surface area contributed by atoms with E-state index in [1.807, 2.05) is 12.1 Å². The van der Waals surface area contributed by atoms with Gasteiger partial charge in [-0.3, -0.25) is 9.59 Å². The molecule has 1 saturated carbocycles. The number of hydrogen-bond acceptors (Lipinski definition) is 3. The normalized spacial score (nSPS) is 21.2. The SMILES string of the molecule is CCc1ccc(NC(=O)C(=O)NC[C@H]2CCCC[C@@H]2O)cc1. The van der Waals surface area contributed by atoms with Crippen molar-refractivity contribution >= 4 is 17.5 Å². The molecular formula is C17H24N2O3.